The molecule has 1 fully saturated rings. The molecule has 0 saturated carbocycles. The van der Waals surface area contributed by atoms with Crippen molar-refractivity contribution < 1.29 is 13.2 Å². The van der Waals surface area contributed by atoms with Gasteiger partial charge in [0, 0.05) is 25.2 Å². The van der Waals surface area contributed by atoms with E-state index < -0.39 is 10.0 Å². The van der Waals surface area contributed by atoms with Gasteiger partial charge in [-0.2, -0.15) is 4.31 Å². The third kappa shape index (κ3) is 4.84. The van der Waals surface area contributed by atoms with Gasteiger partial charge >= 0.3 is 0 Å². The lowest BCUT2D eigenvalue weighted by atomic mass is 10.1. The van der Waals surface area contributed by atoms with Crippen LogP contribution < -0.4 is 10.1 Å². The number of benzene rings is 2. The van der Waals surface area contributed by atoms with Crippen LogP contribution in [0.15, 0.2) is 65.6 Å². The molecule has 0 bridgehead atoms. The monoisotopic (exact) mass is 374 g/mol. The SMILES string of the molecule is C[C@H](COc1ccccc1)NC1CCN(S(=O)(=O)c2ccccc2)CC1. The fourth-order valence-electron chi connectivity index (χ4n) is 3.19. The Hall–Kier alpha value is -1.89. The van der Waals surface area contributed by atoms with Crippen LogP contribution in [0, 0.1) is 0 Å². The van der Waals surface area contributed by atoms with Crippen molar-refractivity contribution in [2.75, 3.05) is 19.7 Å². The van der Waals surface area contributed by atoms with Crippen molar-refractivity contribution in [2.24, 2.45) is 0 Å². The Kier molecular flexibility index (Phi) is 6.29. The molecule has 2 aromatic carbocycles. The molecule has 3 rings (SSSR count). The first-order valence-corrected chi connectivity index (χ1v) is 10.5. The highest BCUT2D eigenvalue weighted by atomic mass is 32.2. The predicted molar refractivity (Wildman–Crippen MR) is 103 cm³/mol. The van der Waals surface area contributed by atoms with Crippen LogP contribution in [0.4, 0.5) is 0 Å². The summed E-state index contributed by atoms with van der Waals surface area (Å²) in [5.74, 6) is 0.866. The smallest absolute Gasteiger partial charge is 0.243 e. The van der Waals surface area contributed by atoms with E-state index >= 15 is 0 Å². The van der Waals surface area contributed by atoms with Gasteiger partial charge in [-0.1, -0.05) is 36.4 Å². The van der Waals surface area contributed by atoms with Crippen LogP contribution >= 0.6 is 0 Å². The molecular weight excluding hydrogens is 348 g/mol. The lowest BCUT2D eigenvalue weighted by molar-refractivity contribution is 0.229. The molecule has 0 aromatic heterocycles. The Morgan fingerprint density at radius 2 is 1.62 bits per heavy atom. The van der Waals surface area contributed by atoms with Crippen molar-refractivity contribution in [3.63, 3.8) is 0 Å². The Morgan fingerprint density at radius 3 is 2.23 bits per heavy atom. The largest absolute Gasteiger partial charge is 0.492 e. The Bertz CT molecular complexity index is 773. The summed E-state index contributed by atoms with van der Waals surface area (Å²) < 4.78 is 32.7. The third-order valence-electron chi connectivity index (χ3n) is 4.60. The number of nitrogens with one attached hydrogen (secondary N) is 1. The highest BCUT2D eigenvalue weighted by molar-refractivity contribution is 7.89. The zero-order valence-corrected chi connectivity index (χ0v) is 15.9. The molecule has 0 spiro atoms. The number of nitrogens with zero attached hydrogens (tertiary/aromatic N) is 1. The number of hydrogen-bond donors (Lipinski definition) is 1. The van der Waals surface area contributed by atoms with E-state index in [9.17, 15) is 8.42 Å². The minimum Gasteiger partial charge on any atom is -0.492 e. The van der Waals surface area contributed by atoms with Crippen molar-refractivity contribution in [2.45, 2.75) is 36.7 Å². The molecule has 6 heteroatoms. The minimum atomic E-state index is -3.38. The van der Waals surface area contributed by atoms with E-state index in [2.05, 4.69) is 12.2 Å². The maximum atomic E-state index is 12.7. The van der Waals surface area contributed by atoms with E-state index in [1.807, 2.05) is 36.4 Å². The Balaban J connectivity index is 1.46. The van der Waals surface area contributed by atoms with Gasteiger partial charge in [-0.05, 0) is 44.0 Å². The van der Waals surface area contributed by atoms with Crippen molar-refractivity contribution in [1.29, 1.82) is 0 Å². The first kappa shape index (κ1) is 18.9. The van der Waals surface area contributed by atoms with Crippen molar-refractivity contribution in [1.82, 2.24) is 9.62 Å². The first-order chi connectivity index (χ1) is 12.6. The van der Waals surface area contributed by atoms with Gasteiger partial charge in [0.25, 0.3) is 0 Å². The van der Waals surface area contributed by atoms with E-state index in [-0.39, 0.29) is 6.04 Å². The van der Waals surface area contributed by atoms with Gasteiger partial charge in [0.15, 0.2) is 0 Å². The van der Waals surface area contributed by atoms with Crippen LogP contribution in [-0.4, -0.2) is 44.5 Å². The van der Waals surface area contributed by atoms with Crippen molar-refractivity contribution in [3.8, 4) is 5.75 Å². The fraction of sp³-hybridized carbons (Fsp3) is 0.400. The second-order valence-corrected chi connectivity index (χ2v) is 8.62. The molecular formula is C20H26N2O3S. The Labute approximate surface area is 156 Å². The van der Waals surface area contributed by atoms with Gasteiger partial charge in [0.1, 0.15) is 12.4 Å². The third-order valence-corrected chi connectivity index (χ3v) is 6.51. The van der Waals surface area contributed by atoms with Crippen molar-refractivity contribution in [3.05, 3.63) is 60.7 Å². The fourth-order valence-corrected chi connectivity index (χ4v) is 4.68. The molecule has 1 N–H and O–H groups in total. The number of hydrogen-bond acceptors (Lipinski definition) is 4. The lowest BCUT2D eigenvalue weighted by Crippen LogP contribution is -2.48. The molecule has 1 aliphatic rings. The van der Waals surface area contributed by atoms with E-state index in [1.165, 1.54) is 0 Å². The summed E-state index contributed by atoms with van der Waals surface area (Å²) in [5, 5.41) is 3.55. The molecule has 0 amide bonds. The summed E-state index contributed by atoms with van der Waals surface area (Å²) in [6, 6.07) is 18.9. The minimum absolute atomic E-state index is 0.206. The topological polar surface area (TPSA) is 58.6 Å². The molecule has 5 nitrogen and oxygen atoms in total. The molecule has 1 heterocycles. The highest BCUT2D eigenvalue weighted by Crippen LogP contribution is 2.20. The van der Waals surface area contributed by atoms with Crippen LogP contribution in [0.1, 0.15) is 19.8 Å². The molecule has 0 unspecified atom stereocenters. The van der Waals surface area contributed by atoms with Crippen LogP contribution in [0.2, 0.25) is 0 Å². The van der Waals surface area contributed by atoms with Gasteiger partial charge in [0.2, 0.25) is 10.0 Å². The molecule has 0 aliphatic carbocycles. The highest BCUT2D eigenvalue weighted by Gasteiger charge is 2.29. The summed E-state index contributed by atoms with van der Waals surface area (Å²) in [7, 11) is -3.38. The average molecular weight is 375 g/mol. The quantitative estimate of drug-likeness (QED) is 0.810. The average Bonchev–Trinajstić information content (AvgIpc) is 2.68. The van der Waals surface area contributed by atoms with Crippen LogP contribution in [0.25, 0.3) is 0 Å². The standard InChI is InChI=1S/C20H26N2O3S/c1-17(16-25-19-8-4-2-5-9-19)21-18-12-14-22(15-13-18)26(23,24)20-10-6-3-7-11-20/h2-11,17-18,21H,12-16H2,1H3/t17-/m1/s1. The van der Waals surface area contributed by atoms with E-state index in [1.54, 1.807) is 28.6 Å². The summed E-state index contributed by atoms with van der Waals surface area (Å²) >= 11 is 0. The normalized spacial score (nSPS) is 17.7. The lowest BCUT2D eigenvalue weighted by Gasteiger charge is -2.33. The molecule has 2 aromatic rings. The zero-order valence-electron chi connectivity index (χ0n) is 15.0. The summed E-state index contributed by atoms with van der Waals surface area (Å²) in [5.41, 5.74) is 0. The predicted octanol–water partition coefficient (Wildman–Crippen LogP) is 2.90. The summed E-state index contributed by atoms with van der Waals surface area (Å²) in [6.07, 6.45) is 1.61. The van der Waals surface area contributed by atoms with Crippen molar-refractivity contribution >= 4 is 10.0 Å². The number of ether oxygens (including phenoxy) is 1. The second-order valence-electron chi connectivity index (χ2n) is 6.68. The number of para-hydroxylation sites is 1. The zero-order chi connectivity index (χ0) is 18.4. The molecule has 140 valence electrons. The maximum Gasteiger partial charge on any atom is 0.243 e. The second kappa shape index (κ2) is 8.66. The van der Waals surface area contributed by atoms with Gasteiger partial charge in [-0.15, -0.1) is 0 Å². The van der Waals surface area contributed by atoms with Gasteiger partial charge in [-0.25, -0.2) is 8.42 Å². The van der Waals surface area contributed by atoms with Gasteiger partial charge in [-0.3, -0.25) is 0 Å². The van der Waals surface area contributed by atoms with Gasteiger partial charge < -0.3 is 10.1 Å². The molecule has 0 radical (unpaired) electrons. The molecule has 1 atom stereocenters. The molecule has 26 heavy (non-hydrogen) atoms. The van der Waals surface area contributed by atoms with Gasteiger partial charge in [0.05, 0.1) is 4.90 Å². The van der Waals surface area contributed by atoms with E-state index in [0.717, 1.165) is 18.6 Å². The van der Waals surface area contributed by atoms with E-state index in [4.69, 9.17) is 4.74 Å². The molecule has 1 aliphatic heterocycles. The Morgan fingerprint density at radius 1 is 1.04 bits per heavy atom. The van der Waals surface area contributed by atoms with Crippen LogP contribution in [-0.2, 0) is 10.0 Å². The molecule has 1 saturated heterocycles. The first-order valence-electron chi connectivity index (χ1n) is 9.05. The summed E-state index contributed by atoms with van der Waals surface area (Å²) in [4.78, 5) is 0.371. The number of piperidine rings is 1. The van der Waals surface area contributed by atoms with Crippen LogP contribution in [0.3, 0.4) is 0 Å². The number of sulfonamides is 1. The van der Waals surface area contributed by atoms with Crippen LogP contribution in [0.5, 0.6) is 5.75 Å². The summed E-state index contributed by atoms with van der Waals surface area (Å²) in [6.45, 7) is 3.77. The maximum absolute atomic E-state index is 12.7. The number of rotatable bonds is 7. The van der Waals surface area contributed by atoms with E-state index in [0.29, 0.717) is 30.6 Å².